The highest BCUT2D eigenvalue weighted by Gasteiger charge is 2.29. The van der Waals surface area contributed by atoms with Crippen LogP contribution in [0.3, 0.4) is 0 Å². The first-order chi connectivity index (χ1) is 9.16. The zero-order chi connectivity index (χ0) is 13.9. The summed E-state index contributed by atoms with van der Waals surface area (Å²) in [7, 11) is 1.72. The number of hydrogen-bond donors (Lipinski definition) is 1. The van der Waals surface area contributed by atoms with Crippen LogP contribution < -0.4 is 5.73 Å². The number of fused-ring (bicyclic) bond motifs is 1. The first kappa shape index (κ1) is 14.0. The zero-order valence-corrected chi connectivity index (χ0v) is 12.0. The van der Waals surface area contributed by atoms with Crippen LogP contribution in [-0.2, 0) is 16.8 Å². The van der Waals surface area contributed by atoms with Crippen LogP contribution in [0.25, 0.3) is 11.0 Å². The van der Waals surface area contributed by atoms with E-state index < -0.39 is 0 Å². The second-order valence-electron chi connectivity index (χ2n) is 4.93. The molecule has 2 aromatic rings. The van der Waals surface area contributed by atoms with Gasteiger partial charge in [0, 0.05) is 13.7 Å². The highest BCUT2D eigenvalue weighted by Crippen LogP contribution is 2.28. The number of methoxy groups -OCH3 is 1. The Bertz CT molecular complexity index is 543. The summed E-state index contributed by atoms with van der Waals surface area (Å²) in [6, 6.07) is 8.17. The average molecular weight is 261 g/mol. The number of ether oxygens (including phenoxy) is 1. The first-order valence-electron chi connectivity index (χ1n) is 6.89. The van der Waals surface area contributed by atoms with Crippen molar-refractivity contribution < 1.29 is 4.74 Å². The van der Waals surface area contributed by atoms with Crippen LogP contribution in [0.1, 0.15) is 32.5 Å². The van der Waals surface area contributed by atoms with Crippen LogP contribution in [0.4, 0.5) is 0 Å². The molecule has 0 radical (unpaired) electrons. The van der Waals surface area contributed by atoms with Crippen LogP contribution >= 0.6 is 0 Å². The van der Waals surface area contributed by atoms with Gasteiger partial charge in [-0.1, -0.05) is 26.0 Å². The minimum absolute atomic E-state index is 0.368. The van der Waals surface area contributed by atoms with E-state index in [2.05, 4.69) is 24.5 Å². The number of nitrogens with two attached hydrogens (primary N) is 1. The van der Waals surface area contributed by atoms with Crippen molar-refractivity contribution in [3.8, 4) is 0 Å². The second kappa shape index (κ2) is 5.72. The predicted octanol–water partition coefficient (Wildman–Crippen LogP) is 2.66. The number of imidazole rings is 1. The normalized spacial score (nSPS) is 12.2. The topological polar surface area (TPSA) is 53.1 Å². The maximum atomic E-state index is 6.53. The van der Waals surface area contributed by atoms with Gasteiger partial charge in [0.15, 0.2) is 0 Å². The van der Waals surface area contributed by atoms with Crippen LogP contribution in [0.15, 0.2) is 24.3 Å². The lowest BCUT2D eigenvalue weighted by Crippen LogP contribution is -2.38. The van der Waals surface area contributed by atoms with Crippen molar-refractivity contribution in [3.63, 3.8) is 0 Å². The first-order valence-corrected chi connectivity index (χ1v) is 6.89. The number of rotatable bonds is 6. The zero-order valence-electron chi connectivity index (χ0n) is 12.0. The van der Waals surface area contributed by atoms with Gasteiger partial charge in [-0.2, -0.15) is 0 Å². The summed E-state index contributed by atoms with van der Waals surface area (Å²) < 4.78 is 7.41. The molecular weight excluding hydrogens is 238 g/mol. The molecule has 4 nitrogen and oxygen atoms in total. The molecule has 2 N–H and O–H groups in total. The van der Waals surface area contributed by atoms with Gasteiger partial charge in [-0.15, -0.1) is 0 Å². The Morgan fingerprint density at radius 3 is 2.58 bits per heavy atom. The number of nitrogens with zero attached hydrogens (tertiary/aromatic N) is 2. The van der Waals surface area contributed by atoms with E-state index in [1.807, 2.05) is 18.2 Å². The van der Waals surface area contributed by atoms with Gasteiger partial charge >= 0.3 is 0 Å². The maximum absolute atomic E-state index is 6.53. The van der Waals surface area contributed by atoms with Crippen molar-refractivity contribution in [2.45, 2.75) is 38.8 Å². The summed E-state index contributed by atoms with van der Waals surface area (Å²) in [4.78, 5) is 4.76. The SMILES string of the molecule is CCC(N)(CC)c1nc2ccccc2n1CCOC. The molecule has 0 saturated heterocycles. The van der Waals surface area contributed by atoms with Crippen molar-refractivity contribution in [3.05, 3.63) is 30.1 Å². The third-order valence-electron chi connectivity index (χ3n) is 3.88. The third kappa shape index (κ3) is 2.51. The second-order valence-corrected chi connectivity index (χ2v) is 4.93. The van der Waals surface area contributed by atoms with Gasteiger partial charge in [0.25, 0.3) is 0 Å². The van der Waals surface area contributed by atoms with Crippen molar-refractivity contribution in [2.75, 3.05) is 13.7 Å². The molecule has 0 fully saturated rings. The van der Waals surface area contributed by atoms with E-state index in [1.54, 1.807) is 7.11 Å². The van der Waals surface area contributed by atoms with E-state index >= 15 is 0 Å². The van der Waals surface area contributed by atoms with E-state index in [1.165, 1.54) is 0 Å². The number of aromatic nitrogens is 2. The van der Waals surface area contributed by atoms with Gasteiger partial charge in [-0.3, -0.25) is 0 Å². The van der Waals surface area contributed by atoms with Crippen molar-refractivity contribution in [1.29, 1.82) is 0 Å². The molecule has 0 amide bonds. The molecule has 19 heavy (non-hydrogen) atoms. The average Bonchev–Trinajstić information content (AvgIpc) is 2.83. The van der Waals surface area contributed by atoms with Gasteiger partial charge in [-0.05, 0) is 25.0 Å². The summed E-state index contributed by atoms with van der Waals surface area (Å²) in [5.41, 5.74) is 8.30. The minimum atomic E-state index is -0.368. The molecule has 1 aromatic carbocycles. The Morgan fingerprint density at radius 2 is 1.95 bits per heavy atom. The lowest BCUT2D eigenvalue weighted by atomic mass is 9.93. The van der Waals surface area contributed by atoms with Crippen molar-refractivity contribution >= 4 is 11.0 Å². The molecule has 0 aliphatic rings. The van der Waals surface area contributed by atoms with Crippen molar-refractivity contribution in [2.24, 2.45) is 5.73 Å². The van der Waals surface area contributed by atoms with Crippen molar-refractivity contribution in [1.82, 2.24) is 9.55 Å². The molecule has 0 unspecified atom stereocenters. The van der Waals surface area contributed by atoms with E-state index in [9.17, 15) is 0 Å². The Labute approximate surface area is 114 Å². The fourth-order valence-corrected chi connectivity index (χ4v) is 2.43. The van der Waals surface area contributed by atoms with Crippen LogP contribution in [0, 0.1) is 0 Å². The van der Waals surface area contributed by atoms with Crippen LogP contribution in [0.5, 0.6) is 0 Å². The molecule has 0 spiro atoms. The summed E-state index contributed by atoms with van der Waals surface area (Å²) >= 11 is 0. The summed E-state index contributed by atoms with van der Waals surface area (Å²) in [5, 5.41) is 0. The Balaban J connectivity index is 2.58. The van der Waals surface area contributed by atoms with Gasteiger partial charge in [-0.25, -0.2) is 4.98 Å². The molecule has 0 aliphatic heterocycles. The van der Waals surface area contributed by atoms with Crippen LogP contribution in [0.2, 0.25) is 0 Å². The summed E-state index contributed by atoms with van der Waals surface area (Å²) in [5.74, 6) is 0.968. The Kier molecular flexibility index (Phi) is 4.22. The van der Waals surface area contributed by atoms with E-state index in [0.29, 0.717) is 6.61 Å². The standard InChI is InChI=1S/C15H23N3O/c1-4-15(16,5-2)14-17-12-8-6-7-9-13(12)18(14)10-11-19-3/h6-9H,4-5,10-11,16H2,1-3H3. The Morgan fingerprint density at radius 1 is 1.26 bits per heavy atom. The molecular formula is C15H23N3O. The van der Waals surface area contributed by atoms with Gasteiger partial charge in [0.05, 0.1) is 23.2 Å². The minimum Gasteiger partial charge on any atom is -0.383 e. The van der Waals surface area contributed by atoms with E-state index in [0.717, 1.165) is 36.2 Å². The monoisotopic (exact) mass is 261 g/mol. The largest absolute Gasteiger partial charge is 0.383 e. The molecule has 0 bridgehead atoms. The van der Waals surface area contributed by atoms with E-state index in [-0.39, 0.29) is 5.54 Å². The Hall–Kier alpha value is -1.39. The number of hydrogen-bond acceptors (Lipinski definition) is 3. The molecule has 1 aromatic heterocycles. The predicted molar refractivity (Wildman–Crippen MR) is 78.1 cm³/mol. The summed E-state index contributed by atoms with van der Waals surface area (Å²) in [6.45, 7) is 5.68. The lowest BCUT2D eigenvalue weighted by molar-refractivity contribution is 0.185. The molecule has 4 heteroatoms. The van der Waals surface area contributed by atoms with Gasteiger partial charge in [0.1, 0.15) is 5.82 Å². The lowest BCUT2D eigenvalue weighted by Gasteiger charge is -2.27. The van der Waals surface area contributed by atoms with E-state index in [4.69, 9.17) is 15.5 Å². The third-order valence-corrected chi connectivity index (χ3v) is 3.88. The number of para-hydroxylation sites is 2. The fourth-order valence-electron chi connectivity index (χ4n) is 2.43. The molecule has 0 aliphatic carbocycles. The molecule has 1 heterocycles. The van der Waals surface area contributed by atoms with Gasteiger partial charge in [0.2, 0.25) is 0 Å². The quantitative estimate of drug-likeness (QED) is 0.869. The van der Waals surface area contributed by atoms with Crippen LogP contribution in [-0.4, -0.2) is 23.3 Å². The molecule has 104 valence electrons. The highest BCUT2D eigenvalue weighted by molar-refractivity contribution is 5.76. The molecule has 0 saturated carbocycles. The maximum Gasteiger partial charge on any atom is 0.130 e. The fraction of sp³-hybridized carbons (Fsp3) is 0.533. The summed E-state index contributed by atoms with van der Waals surface area (Å²) in [6.07, 6.45) is 1.75. The molecule has 0 atom stereocenters. The highest BCUT2D eigenvalue weighted by atomic mass is 16.5. The number of benzene rings is 1. The molecule has 2 rings (SSSR count). The smallest absolute Gasteiger partial charge is 0.130 e. The van der Waals surface area contributed by atoms with Gasteiger partial charge < -0.3 is 15.0 Å².